The van der Waals surface area contributed by atoms with Crippen molar-refractivity contribution in [2.45, 2.75) is 97.0 Å². The molecule has 0 aliphatic carbocycles. The van der Waals surface area contributed by atoms with E-state index in [0.29, 0.717) is 25.8 Å². The van der Waals surface area contributed by atoms with Crippen LogP contribution in [0.25, 0.3) is 0 Å². The molecule has 2 rings (SSSR count). The van der Waals surface area contributed by atoms with Crippen LogP contribution >= 0.6 is 0 Å². The molecule has 0 saturated carbocycles. The predicted molar refractivity (Wildman–Crippen MR) is 175 cm³/mol. The number of carbonyl (C=O) groups excluding carboxylic acids is 7. The largest absolute Gasteiger partial charge is 0.464 e. The molecule has 2 heterocycles. The highest BCUT2D eigenvalue weighted by molar-refractivity contribution is 6.00. The zero-order valence-electron chi connectivity index (χ0n) is 29.1. The Morgan fingerprint density at radius 1 is 1.02 bits per heavy atom. The van der Waals surface area contributed by atoms with Crippen LogP contribution in [0.5, 0.6) is 0 Å². The molecule has 2 fully saturated rings. The number of amides is 4. The smallest absolute Gasteiger partial charge is 0.410 e. The number of likely N-dealkylation sites (tertiary alicyclic amines) is 2. The van der Waals surface area contributed by atoms with Gasteiger partial charge in [0.2, 0.25) is 17.7 Å². The summed E-state index contributed by atoms with van der Waals surface area (Å²) in [6, 6.07) is -3.70. The van der Waals surface area contributed by atoms with Gasteiger partial charge in [-0.15, -0.1) is 0 Å². The molecule has 2 saturated heterocycles. The Morgan fingerprint density at radius 3 is 2.29 bits per heavy atom. The summed E-state index contributed by atoms with van der Waals surface area (Å²) in [6.45, 7) is 16.9. The van der Waals surface area contributed by atoms with Gasteiger partial charge in [0, 0.05) is 25.7 Å². The van der Waals surface area contributed by atoms with Crippen molar-refractivity contribution in [3.8, 4) is 0 Å². The Kier molecular flexibility index (Phi) is 14.6. The lowest BCUT2D eigenvalue weighted by Gasteiger charge is -2.33. The zero-order valence-corrected chi connectivity index (χ0v) is 29.1. The number of nitrogens with zero attached hydrogens (tertiary/aromatic N) is 3. The summed E-state index contributed by atoms with van der Waals surface area (Å²) in [4.78, 5) is 93.6. The van der Waals surface area contributed by atoms with E-state index in [1.54, 1.807) is 20.8 Å². The molecule has 14 heteroatoms. The molecule has 5 unspecified atom stereocenters. The van der Waals surface area contributed by atoms with Gasteiger partial charge in [-0.1, -0.05) is 38.3 Å². The molecule has 266 valence electrons. The molecule has 0 aromatic rings. The highest BCUT2D eigenvalue weighted by atomic mass is 16.6. The second-order valence-electron chi connectivity index (χ2n) is 13.1. The van der Waals surface area contributed by atoms with Crippen molar-refractivity contribution >= 4 is 41.5 Å². The van der Waals surface area contributed by atoms with Crippen LogP contribution in [0.3, 0.4) is 0 Å². The Balaban J connectivity index is 1.92. The maximum absolute atomic E-state index is 13.4. The minimum atomic E-state index is -1.03. The monoisotopic (exact) mass is 674 g/mol. The third-order valence-corrected chi connectivity index (χ3v) is 8.02. The van der Waals surface area contributed by atoms with Gasteiger partial charge in [-0.25, -0.2) is 9.59 Å². The van der Waals surface area contributed by atoms with Crippen molar-refractivity contribution in [1.29, 1.82) is 0 Å². The molecule has 0 radical (unpaired) electrons. The number of hydrogen-bond acceptors (Lipinski definition) is 10. The maximum atomic E-state index is 13.4. The molecule has 0 bridgehead atoms. The fraction of sp³-hybridized carbons (Fsp3) is 0.618. The molecule has 2 aliphatic heterocycles. The predicted octanol–water partition coefficient (Wildman–Crippen LogP) is 2.32. The normalized spacial score (nSPS) is 20.6. The average molecular weight is 675 g/mol. The SMILES string of the molecule is C=C/C=C(\C=C)C(=O)COC(=O)CCOC(=O)C1CC(C)CN1C(=O)C(C)NC(=O)C(C)N(C)C(=O)C1CCCN1C(=O)OC(C)(C)C. The van der Waals surface area contributed by atoms with Crippen molar-refractivity contribution < 1.29 is 47.8 Å². The van der Waals surface area contributed by atoms with Gasteiger partial charge in [0.15, 0.2) is 12.4 Å². The number of carbonyl (C=O) groups is 7. The summed E-state index contributed by atoms with van der Waals surface area (Å²) >= 11 is 0. The van der Waals surface area contributed by atoms with E-state index >= 15 is 0 Å². The fourth-order valence-electron chi connectivity index (χ4n) is 5.36. The van der Waals surface area contributed by atoms with E-state index < -0.39 is 77.9 Å². The van der Waals surface area contributed by atoms with Crippen molar-refractivity contribution in [2.75, 3.05) is 33.4 Å². The third kappa shape index (κ3) is 11.1. The van der Waals surface area contributed by atoms with Crippen LogP contribution in [0, 0.1) is 5.92 Å². The highest BCUT2D eigenvalue weighted by Crippen LogP contribution is 2.25. The van der Waals surface area contributed by atoms with Gasteiger partial charge in [-0.3, -0.25) is 28.9 Å². The summed E-state index contributed by atoms with van der Waals surface area (Å²) in [6.07, 6.45) is 4.65. The van der Waals surface area contributed by atoms with Gasteiger partial charge in [-0.2, -0.15) is 0 Å². The maximum Gasteiger partial charge on any atom is 0.410 e. The average Bonchev–Trinajstić information content (AvgIpc) is 3.67. The molecule has 0 aromatic heterocycles. The van der Waals surface area contributed by atoms with Crippen molar-refractivity contribution in [1.82, 2.24) is 20.0 Å². The second kappa shape index (κ2) is 17.6. The first-order valence-corrected chi connectivity index (χ1v) is 16.1. The number of ketones is 1. The number of likely N-dealkylation sites (N-methyl/N-ethyl adjacent to an activating group) is 1. The lowest BCUT2D eigenvalue weighted by atomic mass is 10.1. The van der Waals surface area contributed by atoms with Crippen molar-refractivity contribution in [2.24, 2.45) is 5.92 Å². The Bertz CT molecular complexity index is 1300. The summed E-state index contributed by atoms with van der Waals surface area (Å²) in [5.41, 5.74) is -0.491. The van der Waals surface area contributed by atoms with Gasteiger partial charge in [0.1, 0.15) is 36.4 Å². The van der Waals surface area contributed by atoms with Crippen LogP contribution in [0.2, 0.25) is 0 Å². The van der Waals surface area contributed by atoms with Crippen LogP contribution in [0.15, 0.2) is 37.0 Å². The minimum absolute atomic E-state index is 0.0323. The molecule has 5 atom stereocenters. The number of ether oxygens (including phenoxy) is 3. The molecule has 48 heavy (non-hydrogen) atoms. The zero-order chi connectivity index (χ0) is 36.3. The van der Waals surface area contributed by atoms with E-state index in [1.807, 2.05) is 6.92 Å². The fourth-order valence-corrected chi connectivity index (χ4v) is 5.36. The molecule has 14 nitrogen and oxygen atoms in total. The molecule has 1 N–H and O–H groups in total. The van der Waals surface area contributed by atoms with Gasteiger partial charge < -0.3 is 29.3 Å². The molecule has 0 spiro atoms. The van der Waals surface area contributed by atoms with E-state index in [4.69, 9.17) is 14.2 Å². The quantitative estimate of drug-likeness (QED) is 0.125. The van der Waals surface area contributed by atoms with Crippen LogP contribution in [0.1, 0.15) is 67.2 Å². The number of rotatable bonds is 14. The third-order valence-electron chi connectivity index (χ3n) is 8.02. The van der Waals surface area contributed by atoms with Gasteiger partial charge in [-0.05, 0) is 59.8 Å². The summed E-state index contributed by atoms with van der Waals surface area (Å²) in [5, 5.41) is 2.64. The van der Waals surface area contributed by atoms with E-state index in [9.17, 15) is 33.6 Å². The molecule has 4 amide bonds. The number of nitrogens with one attached hydrogen (secondary N) is 1. The van der Waals surface area contributed by atoms with Gasteiger partial charge >= 0.3 is 18.0 Å². The van der Waals surface area contributed by atoms with E-state index in [0.717, 1.165) is 0 Å². The number of allylic oxidation sites excluding steroid dienone is 3. The number of Topliss-reactive ketones (excluding diaryl/α,β-unsaturated/α-hetero) is 1. The molecular formula is C34H50N4O10. The standard InChI is InChI=1S/C34H50N4O10/c1-10-13-24(11-2)27(39)20-47-28(40)15-17-46-32(44)26-18-21(3)19-38(26)30(42)22(4)35-29(41)23(5)36(9)31(43)25-14-12-16-37(25)33(45)48-34(6,7)8/h10-11,13,21-23,25-26H,1-2,12,14-20H2,3-9H3,(H,35,41)/b24-13+. The first-order chi connectivity index (χ1) is 22.4. The Morgan fingerprint density at radius 2 is 1.69 bits per heavy atom. The van der Waals surface area contributed by atoms with E-state index in [-0.39, 0.29) is 31.1 Å². The van der Waals surface area contributed by atoms with Crippen molar-refractivity contribution in [3.05, 3.63) is 37.0 Å². The van der Waals surface area contributed by atoms with Crippen LogP contribution in [-0.2, 0) is 43.0 Å². The molecule has 0 aromatic carbocycles. The first-order valence-electron chi connectivity index (χ1n) is 16.1. The van der Waals surface area contributed by atoms with Gasteiger partial charge in [0.05, 0.1) is 6.42 Å². The highest BCUT2D eigenvalue weighted by Gasteiger charge is 2.42. The van der Waals surface area contributed by atoms with Gasteiger partial charge in [0.25, 0.3) is 0 Å². The summed E-state index contributed by atoms with van der Waals surface area (Å²) in [5.74, 6) is -3.46. The topological polar surface area (TPSA) is 169 Å². The first kappa shape index (κ1) is 39.7. The lowest BCUT2D eigenvalue weighted by Crippen LogP contribution is -2.56. The minimum Gasteiger partial charge on any atom is -0.464 e. The number of esters is 2. The second-order valence-corrected chi connectivity index (χ2v) is 13.1. The van der Waals surface area contributed by atoms with Crippen molar-refractivity contribution in [3.63, 3.8) is 0 Å². The van der Waals surface area contributed by atoms with E-state index in [2.05, 4.69) is 18.5 Å². The van der Waals surface area contributed by atoms with Crippen LogP contribution in [0.4, 0.5) is 4.79 Å². The summed E-state index contributed by atoms with van der Waals surface area (Å²) in [7, 11) is 1.46. The molecular weight excluding hydrogens is 624 g/mol. The molecule has 2 aliphatic rings. The van der Waals surface area contributed by atoms with E-state index in [1.165, 1.54) is 53.8 Å². The lowest BCUT2D eigenvalue weighted by molar-refractivity contribution is -0.157. The summed E-state index contributed by atoms with van der Waals surface area (Å²) < 4.78 is 15.7. The Hall–Kier alpha value is -4.49. The van der Waals surface area contributed by atoms with Crippen LogP contribution < -0.4 is 5.32 Å². The van der Waals surface area contributed by atoms with Crippen LogP contribution in [-0.4, -0.2) is 119 Å². The Labute approximate surface area is 282 Å². The number of hydrogen-bond donors (Lipinski definition) is 1.